The highest BCUT2D eigenvalue weighted by atomic mass is 16.5. The molecule has 0 unspecified atom stereocenters. The largest absolute Gasteiger partial charge is 0.497 e. The summed E-state index contributed by atoms with van der Waals surface area (Å²) in [6.07, 6.45) is 0.193. The molecule has 27 heavy (non-hydrogen) atoms. The van der Waals surface area contributed by atoms with Crippen LogP contribution in [0, 0.1) is 19.8 Å². The Labute approximate surface area is 159 Å². The molecule has 3 rings (SSSR count). The number of nitrogens with one attached hydrogen (secondary N) is 1. The average molecular weight is 368 g/mol. The zero-order valence-electron chi connectivity index (χ0n) is 16.0. The number of benzene rings is 2. The first-order valence-electron chi connectivity index (χ1n) is 8.84. The minimum Gasteiger partial charge on any atom is -0.497 e. The predicted octanol–water partition coefficient (Wildman–Crippen LogP) is 3.31. The van der Waals surface area contributed by atoms with Gasteiger partial charge in [0.1, 0.15) is 11.5 Å². The second kappa shape index (κ2) is 7.70. The zero-order valence-corrected chi connectivity index (χ0v) is 16.0. The molecule has 142 valence electrons. The molecule has 1 aliphatic heterocycles. The van der Waals surface area contributed by atoms with Crippen molar-refractivity contribution in [3.8, 4) is 11.5 Å². The maximum Gasteiger partial charge on any atom is 0.229 e. The van der Waals surface area contributed by atoms with Crippen LogP contribution in [0.3, 0.4) is 0 Å². The van der Waals surface area contributed by atoms with Gasteiger partial charge >= 0.3 is 0 Å². The summed E-state index contributed by atoms with van der Waals surface area (Å²) in [6, 6.07) is 11.1. The Hall–Kier alpha value is -3.02. The van der Waals surface area contributed by atoms with Crippen molar-refractivity contribution in [2.75, 3.05) is 31.0 Å². The van der Waals surface area contributed by atoms with Crippen LogP contribution < -0.4 is 19.7 Å². The van der Waals surface area contributed by atoms with Gasteiger partial charge in [0.15, 0.2) is 0 Å². The molecule has 1 fully saturated rings. The van der Waals surface area contributed by atoms with Crippen molar-refractivity contribution < 1.29 is 19.1 Å². The van der Waals surface area contributed by atoms with Crippen molar-refractivity contribution in [3.05, 3.63) is 47.5 Å². The molecule has 0 aromatic heterocycles. The number of para-hydroxylation sites is 1. The van der Waals surface area contributed by atoms with Gasteiger partial charge in [0, 0.05) is 24.7 Å². The number of rotatable bonds is 5. The van der Waals surface area contributed by atoms with E-state index in [0.29, 0.717) is 23.7 Å². The minimum absolute atomic E-state index is 0.0331. The Balaban J connectivity index is 1.77. The second-order valence-electron chi connectivity index (χ2n) is 6.70. The molecule has 0 radical (unpaired) electrons. The van der Waals surface area contributed by atoms with Gasteiger partial charge in [-0.3, -0.25) is 9.59 Å². The van der Waals surface area contributed by atoms with Crippen LogP contribution in [0.5, 0.6) is 11.5 Å². The topological polar surface area (TPSA) is 67.9 Å². The summed E-state index contributed by atoms with van der Waals surface area (Å²) in [6.45, 7) is 4.32. The highest BCUT2D eigenvalue weighted by Crippen LogP contribution is 2.33. The number of nitrogens with zero attached hydrogens (tertiary/aromatic N) is 1. The number of amides is 2. The van der Waals surface area contributed by atoms with Gasteiger partial charge < -0.3 is 19.7 Å². The molecule has 1 N–H and O–H groups in total. The van der Waals surface area contributed by atoms with Crippen LogP contribution in [0.2, 0.25) is 0 Å². The van der Waals surface area contributed by atoms with Crippen LogP contribution in [0.15, 0.2) is 36.4 Å². The summed E-state index contributed by atoms with van der Waals surface area (Å²) in [4.78, 5) is 27.0. The Morgan fingerprint density at radius 3 is 2.44 bits per heavy atom. The van der Waals surface area contributed by atoms with Crippen LogP contribution in [-0.2, 0) is 9.59 Å². The van der Waals surface area contributed by atoms with E-state index in [2.05, 4.69) is 5.32 Å². The quantitative estimate of drug-likeness (QED) is 0.879. The Bertz CT molecular complexity index is 858. The van der Waals surface area contributed by atoms with Gasteiger partial charge in [-0.2, -0.15) is 0 Å². The number of carbonyl (C=O) groups is 2. The minimum atomic E-state index is -0.414. The molecule has 0 bridgehead atoms. The number of hydrogen-bond donors (Lipinski definition) is 1. The van der Waals surface area contributed by atoms with E-state index in [-0.39, 0.29) is 18.2 Å². The lowest BCUT2D eigenvalue weighted by Crippen LogP contribution is -2.29. The number of anilines is 2. The van der Waals surface area contributed by atoms with Crippen LogP contribution in [-0.4, -0.2) is 32.6 Å². The molecular weight excluding hydrogens is 344 g/mol. The standard InChI is InChI=1S/C21H24N2O4/c1-13-6-5-7-14(2)20(13)23-12-15(10-19(23)24)21(25)22-17-9-8-16(26-3)11-18(17)27-4/h5-9,11,15H,10,12H2,1-4H3,(H,22,25)/t15-/m1/s1. The van der Waals surface area contributed by atoms with Crippen molar-refractivity contribution in [2.24, 2.45) is 5.92 Å². The summed E-state index contributed by atoms with van der Waals surface area (Å²) in [5, 5.41) is 2.88. The normalized spacial score (nSPS) is 16.4. The summed E-state index contributed by atoms with van der Waals surface area (Å²) >= 11 is 0. The van der Waals surface area contributed by atoms with Crippen molar-refractivity contribution in [3.63, 3.8) is 0 Å². The first kappa shape index (κ1) is 18.8. The van der Waals surface area contributed by atoms with Gasteiger partial charge in [0.2, 0.25) is 11.8 Å². The van der Waals surface area contributed by atoms with E-state index in [1.807, 2.05) is 32.0 Å². The molecule has 0 aliphatic carbocycles. The fourth-order valence-electron chi connectivity index (χ4n) is 3.47. The molecule has 6 heteroatoms. The molecule has 1 aliphatic rings. The number of aryl methyl sites for hydroxylation is 2. The third kappa shape index (κ3) is 3.74. The Morgan fingerprint density at radius 2 is 1.81 bits per heavy atom. The molecule has 1 saturated heterocycles. The Kier molecular flexibility index (Phi) is 5.35. The van der Waals surface area contributed by atoms with Crippen LogP contribution in [0.1, 0.15) is 17.5 Å². The monoisotopic (exact) mass is 368 g/mol. The average Bonchev–Trinajstić information content (AvgIpc) is 3.03. The van der Waals surface area contributed by atoms with Gasteiger partial charge in [-0.1, -0.05) is 18.2 Å². The number of hydrogen-bond acceptors (Lipinski definition) is 4. The molecule has 0 spiro atoms. The summed E-state index contributed by atoms with van der Waals surface area (Å²) in [5.41, 5.74) is 3.52. The highest BCUT2D eigenvalue weighted by Gasteiger charge is 2.36. The van der Waals surface area contributed by atoms with Crippen LogP contribution in [0.4, 0.5) is 11.4 Å². The molecule has 2 amide bonds. The lowest BCUT2D eigenvalue weighted by Gasteiger charge is -2.21. The summed E-state index contributed by atoms with van der Waals surface area (Å²) in [7, 11) is 3.10. The van der Waals surface area contributed by atoms with Crippen LogP contribution in [0.25, 0.3) is 0 Å². The molecular formula is C21H24N2O4. The lowest BCUT2D eigenvalue weighted by atomic mass is 10.1. The smallest absolute Gasteiger partial charge is 0.229 e. The first-order chi connectivity index (χ1) is 12.9. The van der Waals surface area contributed by atoms with E-state index < -0.39 is 5.92 Å². The van der Waals surface area contributed by atoms with E-state index in [1.54, 1.807) is 30.2 Å². The third-order valence-electron chi connectivity index (χ3n) is 4.87. The van der Waals surface area contributed by atoms with Crippen LogP contribution >= 0.6 is 0 Å². The van der Waals surface area contributed by atoms with Gasteiger partial charge in [-0.15, -0.1) is 0 Å². The zero-order chi connectivity index (χ0) is 19.6. The molecule has 1 atom stereocenters. The molecule has 1 heterocycles. The first-order valence-corrected chi connectivity index (χ1v) is 8.84. The summed E-state index contributed by atoms with van der Waals surface area (Å²) in [5.74, 6) is 0.513. The summed E-state index contributed by atoms with van der Waals surface area (Å²) < 4.78 is 10.5. The fourth-order valence-corrected chi connectivity index (χ4v) is 3.47. The van der Waals surface area contributed by atoms with E-state index >= 15 is 0 Å². The van der Waals surface area contributed by atoms with Crippen molar-refractivity contribution in [1.82, 2.24) is 0 Å². The SMILES string of the molecule is COc1ccc(NC(=O)[C@@H]2CC(=O)N(c3c(C)cccc3C)C2)c(OC)c1. The van der Waals surface area contributed by atoms with Gasteiger partial charge in [0.25, 0.3) is 0 Å². The number of ether oxygens (including phenoxy) is 2. The second-order valence-corrected chi connectivity index (χ2v) is 6.70. The van der Waals surface area contributed by atoms with E-state index in [4.69, 9.17) is 9.47 Å². The van der Waals surface area contributed by atoms with Crippen molar-refractivity contribution in [1.29, 1.82) is 0 Å². The molecule has 0 saturated carbocycles. The van der Waals surface area contributed by atoms with Crippen molar-refractivity contribution >= 4 is 23.2 Å². The molecule has 2 aromatic carbocycles. The van der Waals surface area contributed by atoms with Gasteiger partial charge in [-0.25, -0.2) is 0 Å². The fraction of sp³-hybridized carbons (Fsp3) is 0.333. The Morgan fingerprint density at radius 1 is 1.11 bits per heavy atom. The van der Waals surface area contributed by atoms with E-state index in [1.165, 1.54) is 7.11 Å². The third-order valence-corrected chi connectivity index (χ3v) is 4.87. The number of carbonyl (C=O) groups excluding carboxylic acids is 2. The maximum absolute atomic E-state index is 12.8. The highest BCUT2D eigenvalue weighted by molar-refractivity contribution is 6.04. The van der Waals surface area contributed by atoms with Gasteiger partial charge in [-0.05, 0) is 37.1 Å². The molecule has 2 aromatic rings. The maximum atomic E-state index is 12.8. The van der Waals surface area contributed by atoms with E-state index in [0.717, 1.165) is 16.8 Å². The predicted molar refractivity (Wildman–Crippen MR) is 105 cm³/mol. The van der Waals surface area contributed by atoms with E-state index in [9.17, 15) is 9.59 Å². The van der Waals surface area contributed by atoms with Crippen molar-refractivity contribution in [2.45, 2.75) is 20.3 Å². The molecule has 6 nitrogen and oxygen atoms in total. The van der Waals surface area contributed by atoms with Gasteiger partial charge in [0.05, 0.1) is 25.8 Å². The number of methoxy groups -OCH3 is 2. The lowest BCUT2D eigenvalue weighted by molar-refractivity contribution is -0.122.